The zero-order chi connectivity index (χ0) is 18.7. The number of rotatable bonds is 6. The molecule has 26 heavy (non-hydrogen) atoms. The molecule has 0 aliphatic carbocycles. The Morgan fingerprint density at radius 3 is 2.23 bits per heavy atom. The van der Waals surface area contributed by atoms with Crippen molar-refractivity contribution in [3.05, 3.63) is 71.1 Å². The van der Waals surface area contributed by atoms with Crippen LogP contribution >= 0.6 is 0 Å². The van der Waals surface area contributed by atoms with E-state index in [9.17, 15) is 8.42 Å². The van der Waals surface area contributed by atoms with Crippen LogP contribution in [0.2, 0.25) is 0 Å². The topological polar surface area (TPSA) is 73.1 Å². The van der Waals surface area contributed by atoms with Gasteiger partial charge in [-0.05, 0) is 24.0 Å². The summed E-state index contributed by atoms with van der Waals surface area (Å²) in [6.07, 6.45) is 0. The SMILES string of the molecule is Cc1ccc(-c2noc(CS(=O)(=O)Cc3ccc(C(C)C)cc3)n2)cc1. The van der Waals surface area contributed by atoms with E-state index in [4.69, 9.17) is 4.52 Å². The predicted molar refractivity (Wildman–Crippen MR) is 101 cm³/mol. The molecule has 6 heteroatoms. The third-order valence-electron chi connectivity index (χ3n) is 4.15. The van der Waals surface area contributed by atoms with E-state index in [-0.39, 0.29) is 17.4 Å². The van der Waals surface area contributed by atoms with E-state index >= 15 is 0 Å². The normalized spacial score (nSPS) is 11.8. The Morgan fingerprint density at radius 2 is 1.62 bits per heavy atom. The van der Waals surface area contributed by atoms with E-state index in [1.54, 1.807) is 0 Å². The van der Waals surface area contributed by atoms with Gasteiger partial charge in [0.2, 0.25) is 11.7 Å². The number of hydrogen-bond donors (Lipinski definition) is 0. The van der Waals surface area contributed by atoms with Crippen LogP contribution in [-0.2, 0) is 21.3 Å². The second kappa shape index (κ2) is 7.41. The van der Waals surface area contributed by atoms with Crippen molar-refractivity contribution < 1.29 is 12.9 Å². The van der Waals surface area contributed by atoms with Crippen LogP contribution in [-0.4, -0.2) is 18.6 Å². The van der Waals surface area contributed by atoms with Gasteiger partial charge in [0.05, 0.1) is 5.75 Å². The molecule has 0 saturated heterocycles. The van der Waals surface area contributed by atoms with Crippen molar-refractivity contribution in [1.82, 2.24) is 10.1 Å². The lowest BCUT2D eigenvalue weighted by molar-refractivity contribution is 0.389. The Bertz CT molecular complexity index is 973. The highest BCUT2D eigenvalue weighted by Gasteiger charge is 2.19. The minimum Gasteiger partial charge on any atom is -0.338 e. The Kier molecular flexibility index (Phi) is 5.23. The van der Waals surface area contributed by atoms with Crippen molar-refractivity contribution in [2.24, 2.45) is 0 Å². The maximum atomic E-state index is 12.5. The van der Waals surface area contributed by atoms with Crippen LogP contribution in [0.1, 0.15) is 42.3 Å². The molecule has 1 aromatic heterocycles. The van der Waals surface area contributed by atoms with Gasteiger partial charge in [0.15, 0.2) is 9.84 Å². The number of aryl methyl sites for hydroxylation is 1. The number of sulfone groups is 1. The molecule has 3 aromatic rings. The quantitative estimate of drug-likeness (QED) is 0.647. The van der Waals surface area contributed by atoms with Crippen LogP contribution in [0.4, 0.5) is 0 Å². The molecule has 0 fully saturated rings. The van der Waals surface area contributed by atoms with Crippen LogP contribution in [0.15, 0.2) is 53.1 Å². The first-order valence-electron chi connectivity index (χ1n) is 8.51. The van der Waals surface area contributed by atoms with Crippen LogP contribution in [0, 0.1) is 6.92 Å². The second-order valence-electron chi connectivity index (χ2n) is 6.81. The van der Waals surface area contributed by atoms with Crippen molar-refractivity contribution in [1.29, 1.82) is 0 Å². The zero-order valence-corrected chi connectivity index (χ0v) is 16.0. The summed E-state index contributed by atoms with van der Waals surface area (Å²) < 4.78 is 30.0. The van der Waals surface area contributed by atoms with E-state index in [2.05, 4.69) is 24.0 Å². The summed E-state index contributed by atoms with van der Waals surface area (Å²) in [6.45, 7) is 6.20. The first kappa shape index (κ1) is 18.3. The fourth-order valence-corrected chi connectivity index (χ4v) is 3.92. The van der Waals surface area contributed by atoms with Gasteiger partial charge < -0.3 is 4.52 Å². The van der Waals surface area contributed by atoms with Crippen molar-refractivity contribution >= 4 is 9.84 Å². The van der Waals surface area contributed by atoms with Gasteiger partial charge in [0, 0.05) is 5.56 Å². The Labute approximate surface area is 154 Å². The molecule has 0 radical (unpaired) electrons. The van der Waals surface area contributed by atoms with Crippen LogP contribution in [0.3, 0.4) is 0 Å². The minimum absolute atomic E-state index is 0.0480. The minimum atomic E-state index is -3.39. The average Bonchev–Trinajstić information content (AvgIpc) is 3.03. The van der Waals surface area contributed by atoms with Gasteiger partial charge in [0.1, 0.15) is 5.75 Å². The smallest absolute Gasteiger partial charge is 0.242 e. The fraction of sp³-hybridized carbons (Fsp3) is 0.300. The first-order valence-corrected chi connectivity index (χ1v) is 10.3. The van der Waals surface area contributed by atoms with E-state index in [1.807, 2.05) is 55.5 Å². The maximum absolute atomic E-state index is 12.5. The molecule has 0 amide bonds. The summed E-state index contributed by atoms with van der Waals surface area (Å²) in [4.78, 5) is 4.22. The highest BCUT2D eigenvalue weighted by Crippen LogP contribution is 2.19. The first-order chi connectivity index (χ1) is 12.3. The molecule has 0 bridgehead atoms. The monoisotopic (exact) mass is 370 g/mol. The van der Waals surface area contributed by atoms with Crippen molar-refractivity contribution in [2.75, 3.05) is 0 Å². The summed E-state index contributed by atoms with van der Waals surface area (Å²) in [5.74, 6) is 0.612. The standard InChI is InChI=1S/C20H22N2O3S/c1-14(2)17-10-6-16(7-11-17)12-26(23,24)13-19-21-20(22-25-19)18-8-4-15(3)5-9-18/h4-11,14H,12-13H2,1-3H3. The number of nitrogens with zero attached hydrogens (tertiary/aromatic N) is 2. The molecule has 5 nitrogen and oxygen atoms in total. The summed E-state index contributed by atoms with van der Waals surface area (Å²) in [5.41, 5.74) is 3.87. The molecular weight excluding hydrogens is 348 g/mol. The molecule has 3 rings (SSSR count). The van der Waals surface area contributed by atoms with Crippen LogP contribution in [0.5, 0.6) is 0 Å². The van der Waals surface area contributed by atoms with Gasteiger partial charge in [-0.2, -0.15) is 4.98 Å². The molecule has 0 unspecified atom stereocenters. The van der Waals surface area contributed by atoms with Gasteiger partial charge in [-0.15, -0.1) is 0 Å². The zero-order valence-electron chi connectivity index (χ0n) is 15.1. The molecule has 0 N–H and O–H groups in total. The summed E-state index contributed by atoms with van der Waals surface area (Å²) in [6, 6.07) is 15.3. The lowest BCUT2D eigenvalue weighted by atomic mass is 10.0. The molecular formula is C20H22N2O3S. The highest BCUT2D eigenvalue weighted by atomic mass is 32.2. The van der Waals surface area contributed by atoms with E-state index in [1.165, 1.54) is 5.56 Å². The van der Waals surface area contributed by atoms with Crippen molar-refractivity contribution in [3.8, 4) is 11.4 Å². The second-order valence-corrected chi connectivity index (χ2v) is 8.87. The molecule has 2 aromatic carbocycles. The van der Waals surface area contributed by atoms with Crippen molar-refractivity contribution in [3.63, 3.8) is 0 Å². The fourth-order valence-electron chi connectivity index (χ4n) is 2.63. The third-order valence-corrected chi connectivity index (χ3v) is 5.61. The number of aromatic nitrogens is 2. The highest BCUT2D eigenvalue weighted by molar-refractivity contribution is 7.89. The average molecular weight is 370 g/mol. The number of hydrogen-bond acceptors (Lipinski definition) is 5. The van der Waals surface area contributed by atoms with Crippen LogP contribution in [0.25, 0.3) is 11.4 Å². The number of benzene rings is 2. The van der Waals surface area contributed by atoms with Gasteiger partial charge in [0.25, 0.3) is 0 Å². The Hall–Kier alpha value is -2.47. The van der Waals surface area contributed by atoms with Crippen molar-refractivity contribution in [2.45, 2.75) is 38.2 Å². The van der Waals surface area contributed by atoms with E-state index in [0.29, 0.717) is 11.7 Å². The predicted octanol–water partition coefficient (Wildman–Crippen LogP) is 4.28. The third kappa shape index (κ3) is 4.58. The molecule has 0 spiro atoms. The summed E-state index contributed by atoms with van der Waals surface area (Å²) in [7, 11) is -3.39. The van der Waals surface area contributed by atoms with Gasteiger partial charge >= 0.3 is 0 Å². The van der Waals surface area contributed by atoms with Crippen LogP contribution < -0.4 is 0 Å². The Morgan fingerprint density at radius 1 is 0.962 bits per heavy atom. The molecule has 1 heterocycles. The molecule has 0 aliphatic rings. The van der Waals surface area contributed by atoms with Gasteiger partial charge in [-0.25, -0.2) is 8.42 Å². The van der Waals surface area contributed by atoms with Gasteiger partial charge in [-0.1, -0.05) is 73.1 Å². The lowest BCUT2D eigenvalue weighted by Gasteiger charge is -2.07. The summed E-state index contributed by atoms with van der Waals surface area (Å²) >= 11 is 0. The molecule has 0 saturated carbocycles. The largest absolute Gasteiger partial charge is 0.338 e. The van der Waals surface area contributed by atoms with Gasteiger partial charge in [-0.3, -0.25) is 0 Å². The summed E-state index contributed by atoms with van der Waals surface area (Å²) in [5, 5.41) is 3.89. The Balaban J connectivity index is 1.70. The van der Waals surface area contributed by atoms with E-state index < -0.39 is 9.84 Å². The van der Waals surface area contributed by atoms with E-state index in [0.717, 1.165) is 16.7 Å². The maximum Gasteiger partial charge on any atom is 0.242 e. The lowest BCUT2D eigenvalue weighted by Crippen LogP contribution is -2.08. The molecule has 136 valence electrons. The molecule has 0 aliphatic heterocycles. The molecule has 0 atom stereocenters.